The summed E-state index contributed by atoms with van der Waals surface area (Å²) in [5, 5.41) is 9.91. The molecule has 1 fully saturated rings. The number of hydrogen-bond acceptors (Lipinski definition) is 3. The number of carboxylic acids is 1. The van der Waals surface area contributed by atoms with Gasteiger partial charge in [0.05, 0.1) is 19.6 Å². The molecule has 0 aliphatic heterocycles. The molecule has 1 aromatic carbocycles. The van der Waals surface area contributed by atoms with Crippen molar-refractivity contribution in [3.63, 3.8) is 0 Å². The van der Waals surface area contributed by atoms with E-state index in [2.05, 4.69) is 13.8 Å². The summed E-state index contributed by atoms with van der Waals surface area (Å²) in [6, 6.07) is 3.83. The maximum atomic E-state index is 12.1. The fourth-order valence-electron chi connectivity index (χ4n) is 3.50. The van der Waals surface area contributed by atoms with E-state index in [-0.39, 0.29) is 5.92 Å². The number of hydrogen-bond donors (Lipinski definition) is 1. The van der Waals surface area contributed by atoms with Gasteiger partial charge in [0.1, 0.15) is 11.5 Å². The van der Waals surface area contributed by atoms with Crippen molar-refractivity contribution in [2.45, 2.75) is 57.3 Å². The molecule has 1 N–H and O–H groups in total. The maximum absolute atomic E-state index is 12.1. The minimum Gasteiger partial charge on any atom is -0.496 e. The Morgan fingerprint density at radius 3 is 2.14 bits per heavy atom. The zero-order chi connectivity index (χ0) is 16.3. The molecule has 1 aromatic rings. The molecule has 122 valence electrons. The van der Waals surface area contributed by atoms with Crippen LogP contribution in [0.2, 0.25) is 0 Å². The molecule has 1 aliphatic rings. The van der Waals surface area contributed by atoms with Crippen molar-refractivity contribution < 1.29 is 19.4 Å². The Hall–Kier alpha value is -1.71. The van der Waals surface area contributed by atoms with E-state index in [9.17, 15) is 9.90 Å². The monoisotopic (exact) mass is 306 g/mol. The fourth-order valence-corrected chi connectivity index (χ4v) is 3.50. The molecule has 0 aromatic heterocycles. The van der Waals surface area contributed by atoms with Crippen molar-refractivity contribution in [1.82, 2.24) is 0 Å². The molecule has 1 saturated carbocycles. The van der Waals surface area contributed by atoms with Crippen LogP contribution in [0.3, 0.4) is 0 Å². The highest BCUT2D eigenvalue weighted by Gasteiger charge is 2.43. The number of carbonyl (C=O) groups is 1. The summed E-state index contributed by atoms with van der Waals surface area (Å²) in [7, 11) is 3.24. The standard InChI is InChI=1S/C18H26O4/c1-12(2)13-10-16(22-4)14(11-15(13)21-3)18(17(19)20)8-6-5-7-9-18/h10-12H,5-9H2,1-4H3,(H,19,20). The molecule has 22 heavy (non-hydrogen) atoms. The van der Waals surface area contributed by atoms with Crippen LogP contribution >= 0.6 is 0 Å². The maximum Gasteiger partial charge on any atom is 0.314 e. The van der Waals surface area contributed by atoms with Crippen molar-refractivity contribution in [3.05, 3.63) is 23.3 Å². The molecule has 0 heterocycles. The number of ether oxygens (including phenoxy) is 2. The lowest BCUT2D eigenvalue weighted by molar-refractivity contribution is -0.145. The Balaban J connectivity index is 2.64. The third kappa shape index (κ3) is 2.79. The smallest absolute Gasteiger partial charge is 0.314 e. The molecule has 0 unspecified atom stereocenters. The van der Waals surface area contributed by atoms with Crippen LogP contribution in [0.15, 0.2) is 12.1 Å². The van der Waals surface area contributed by atoms with Crippen LogP contribution in [0.1, 0.15) is 63.0 Å². The van der Waals surface area contributed by atoms with Gasteiger partial charge in [-0.25, -0.2) is 0 Å². The summed E-state index contributed by atoms with van der Waals surface area (Å²) in [5.41, 5.74) is 0.940. The van der Waals surface area contributed by atoms with Gasteiger partial charge in [-0.15, -0.1) is 0 Å². The topological polar surface area (TPSA) is 55.8 Å². The van der Waals surface area contributed by atoms with Crippen molar-refractivity contribution in [2.75, 3.05) is 14.2 Å². The van der Waals surface area contributed by atoms with Gasteiger partial charge in [0.25, 0.3) is 0 Å². The fraction of sp³-hybridized carbons (Fsp3) is 0.611. The Morgan fingerprint density at radius 2 is 1.68 bits per heavy atom. The van der Waals surface area contributed by atoms with Crippen LogP contribution in [0.5, 0.6) is 11.5 Å². The summed E-state index contributed by atoms with van der Waals surface area (Å²) >= 11 is 0. The minimum atomic E-state index is -0.855. The summed E-state index contributed by atoms with van der Waals surface area (Å²) < 4.78 is 11.1. The summed E-state index contributed by atoms with van der Waals surface area (Å²) in [6.45, 7) is 4.18. The summed E-state index contributed by atoms with van der Waals surface area (Å²) in [4.78, 5) is 12.1. The third-order valence-electron chi connectivity index (χ3n) is 4.81. The Morgan fingerprint density at radius 1 is 1.09 bits per heavy atom. The van der Waals surface area contributed by atoms with Gasteiger partial charge >= 0.3 is 5.97 Å². The van der Waals surface area contributed by atoms with Crippen molar-refractivity contribution in [2.24, 2.45) is 0 Å². The first kappa shape index (κ1) is 16.7. The highest BCUT2D eigenvalue weighted by Crippen LogP contribution is 2.46. The van der Waals surface area contributed by atoms with Gasteiger partial charge in [0, 0.05) is 11.1 Å². The van der Waals surface area contributed by atoms with E-state index in [1.165, 1.54) is 0 Å². The van der Waals surface area contributed by atoms with Crippen LogP contribution in [-0.2, 0) is 10.2 Å². The molecular weight excluding hydrogens is 280 g/mol. The van der Waals surface area contributed by atoms with Gasteiger partial charge in [-0.1, -0.05) is 33.1 Å². The van der Waals surface area contributed by atoms with Crippen molar-refractivity contribution >= 4 is 5.97 Å². The normalized spacial score (nSPS) is 17.3. The quantitative estimate of drug-likeness (QED) is 0.889. The zero-order valence-electron chi connectivity index (χ0n) is 13.9. The average molecular weight is 306 g/mol. The van der Waals surface area contributed by atoms with Gasteiger partial charge in [-0.05, 0) is 30.9 Å². The SMILES string of the molecule is COc1cc(C2(C(=O)O)CCCCC2)c(OC)cc1C(C)C. The molecule has 4 nitrogen and oxygen atoms in total. The van der Waals surface area contributed by atoms with Crippen LogP contribution in [0, 0.1) is 0 Å². The number of carboxylic acid groups (broad SMARTS) is 1. The molecule has 0 radical (unpaired) electrons. The number of rotatable bonds is 5. The minimum absolute atomic E-state index is 0.282. The van der Waals surface area contributed by atoms with Crippen LogP contribution in [-0.4, -0.2) is 25.3 Å². The third-order valence-corrected chi connectivity index (χ3v) is 4.81. The second-order valence-electron chi connectivity index (χ2n) is 6.40. The van der Waals surface area contributed by atoms with E-state index in [0.29, 0.717) is 18.6 Å². The molecule has 1 aliphatic carbocycles. The highest BCUT2D eigenvalue weighted by atomic mass is 16.5. The molecule has 0 bridgehead atoms. The van der Waals surface area contributed by atoms with E-state index in [0.717, 1.165) is 36.1 Å². The van der Waals surface area contributed by atoms with E-state index in [1.54, 1.807) is 14.2 Å². The van der Waals surface area contributed by atoms with Gasteiger partial charge < -0.3 is 14.6 Å². The van der Waals surface area contributed by atoms with Gasteiger partial charge in [0.2, 0.25) is 0 Å². The second kappa shape index (κ2) is 6.59. The predicted octanol–water partition coefficient (Wildman–Crippen LogP) is 4.11. The lowest BCUT2D eigenvalue weighted by Gasteiger charge is -2.35. The highest BCUT2D eigenvalue weighted by molar-refractivity contribution is 5.83. The molecule has 0 amide bonds. The average Bonchev–Trinajstić information content (AvgIpc) is 2.53. The lowest BCUT2D eigenvalue weighted by Crippen LogP contribution is -2.38. The first-order valence-corrected chi connectivity index (χ1v) is 7.96. The summed E-state index contributed by atoms with van der Waals surface area (Å²) in [6.07, 6.45) is 4.28. The molecule has 0 atom stereocenters. The predicted molar refractivity (Wildman–Crippen MR) is 86.0 cm³/mol. The van der Waals surface area contributed by atoms with E-state index in [4.69, 9.17) is 9.47 Å². The van der Waals surface area contributed by atoms with Crippen LogP contribution in [0.4, 0.5) is 0 Å². The lowest BCUT2D eigenvalue weighted by atomic mass is 9.68. The van der Waals surface area contributed by atoms with E-state index < -0.39 is 11.4 Å². The first-order valence-electron chi connectivity index (χ1n) is 7.96. The van der Waals surface area contributed by atoms with E-state index >= 15 is 0 Å². The molecule has 0 saturated heterocycles. The Kier molecular flexibility index (Phi) is 4.99. The zero-order valence-corrected chi connectivity index (χ0v) is 13.9. The van der Waals surface area contributed by atoms with Crippen molar-refractivity contribution in [3.8, 4) is 11.5 Å². The van der Waals surface area contributed by atoms with Crippen LogP contribution in [0.25, 0.3) is 0 Å². The molecule has 0 spiro atoms. The number of methoxy groups -OCH3 is 2. The molecule has 2 rings (SSSR count). The summed E-state index contributed by atoms with van der Waals surface area (Å²) in [5.74, 6) is 0.931. The Labute approximate surface area is 132 Å². The second-order valence-corrected chi connectivity index (χ2v) is 6.40. The van der Waals surface area contributed by atoms with Gasteiger partial charge in [0.15, 0.2) is 0 Å². The largest absolute Gasteiger partial charge is 0.496 e. The van der Waals surface area contributed by atoms with Crippen LogP contribution < -0.4 is 9.47 Å². The van der Waals surface area contributed by atoms with E-state index in [1.807, 2.05) is 12.1 Å². The number of aliphatic carboxylic acids is 1. The molecule has 4 heteroatoms. The Bertz CT molecular complexity index is 542. The van der Waals surface area contributed by atoms with Gasteiger partial charge in [-0.2, -0.15) is 0 Å². The number of benzene rings is 1. The molecular formula is C18H26O4. The van der Waals surface area contributed by atoms with Gasteiger partial charge in [-0.3, -0.25) is 4.79 Å². The first-order chi connectivity index (χ1) is 10.5. The van der Waals surface area contributed by atoms with Crippen molar-refractivity contribution in [1.29, 1.82) is 0 Å².